The summed E-state index contributed by atoms with van der Waals surface area (Å²) in [5.74, 6) is 1.00. The van der Waals surface area contributed by atoms with Crippen LogP contribution < -0.4 is 9.64 Å². The van der Waals surface area contributed by atoms with Gasteiger partial charge in [-0.3, -0.25) is 14.7 Å². The second kappa shape index (κ2) is 5.73. The number of ether oxygens (including phenoxy) is 1. The van der Waals surface area contributed by atoms with Crippen molar-refractivity contribution in [2.75, 3.05) is 4.90 Å². The molecule has 1 aromatic carbocycles. The van der Waals surface area contributed by atoms with Crippen LogP contribution in [0.25, 0.3) is 0 Å². The minimum absolute atomic E-state index is 0.0558. The summed E-state index contributed by atoms with van der Waals surface area (Å²) in [4.78, 5) is 26.7. The number of benzene rings is 1. The first-order valence-corrected chi connectivity index (χ1v) is 7.53. The molecule has 3 aromatic rings. The third-order valence-electron chi connectivity index (χ3n) is 3.81. The van der Waals surface area contributed by atoms with Crippen molar-refractivity contribution in [1.82, 2.24) is 15.0 Å². The molecule has 0 saturated carbocycles. The summed E-state index contributed by atoms with van der Waals surface area (Å²) in [6.45, 7) is 2.47. The molecule has 0 bridgehead atoms. The quantitative estimate of drug-likeness (QED) is 0.742. The zero-order valence-corrected chi connectivity index (χ0v) is 13.0. The van der Waals surface area contributed by atoms with Crippen LogP contribution in [-0.2, 0) is 6.54 Å². The second-order valence-electron chi connectivity index (χ2n) is 5.54. The lowest BCUT2D eigenvalue weighted by Gasteiger charge is -2.14. The van der Waals surface area contributed by atoms with E-state index in [1.165, 1.54) is 0 Å². The van der Waals surface area contributed by atoms with Gasteiger partial charge >= 0.3 is 6.01 Å². The third kappa shape index (κ3) is 2.58. The largest absolute Gasteiger partial charge is 0.423 e. The highest BCUT2D eigenvalue weighted by Crippen LogP contribution is 2.28. The highest BCUT2D eigenvalue weighted by atomic mass is 16.5. The Hall–Kier alpha value is -3.28. The Morgan fingerprint density at radius 3 is 2.92 bits per heavy atom. The van der Waals surface area contributed by atoms with Gasteiger partial charge in [0.15, 0.2) is 0 Å². The van der Waals surface area contributed by atoms with Gasteiger partial charge in [-0.2, -0.15) is 4.98 Å². The highest BCUT2D eigenvalue weighted by molar-refractivity contribution is 6.09. The Balaban J connectivity index is 1.62. The summed E-state index contributed by atoms with van der Waals surface area (Å²) in [5, 5.41) is 0. The highest BCUT2D eigenvalue weighted by Gasteiger charge is 2.29. The molecule has 1 aliphatic heterocycles. The van der Waals surface area contributed by atoms with Crippen molar-refractivity contribution < 1.29 is 9.53 Å². The van der Waals surface area contributed by atoms with Gasteiger partial charge in [0.05, 0.1) is 12.7 Å². The van der Waals surface area contributed by atoms with Crippen LogP contribution in [0.2, 0.25) is 0 Å². The summed E-state index contributed by atoms with van der Waals surface area (Å²) in [6.07, 6.45) is 4.82. The lowest BCUT2D eigenvalue weighted by molar-refractivity contribution is 0.0996. The smallest absolute Gasteiger partial charge is 0.323 e. The van der Waals surface area contributed by atoms with E-state index in [0.717, 1.165) is 16.7 Å². The molecule has 1 aliphatic rings. The lowest BCUT2D eigenvalue weighted by Crippen LogP contribution is -2.24. The molecule has 0 fully saturated rings. The minimum atomic E-state index is -0.0558. The van der Waals surface area contributed by atoms with Gasteiger partial charge in [0, 0.05) is 18.0 Å². The summed E-state index contributed by atoms with van der Waals surface area (Å²) in [6, 6.07) is 11.3. The molecule has 0 spiro atoms. The fourth-order valence-electron chi connectivity index (χ4n) is 2.64. The Morgan fingerprint density at radius 2 is 2.08 bits per heavy atom. The van der Waals surface area contributed by atoms with E-state index in [1.807, 2.05) is 25.1 Å². The molecule has 0 unspecified atom stereocenters. The predicted octanol–water partition coefficient (Wildman–Crippen LogP) is 3.13. The van der Waals surface area contributed by atoms with Gasteiger partial charge in [0.25, 0.3) is 5.91 Å². The SMILES string of the molecule is Cc1ccc2c(c1)C(=O)N(c1ccnc(Oc3cccnc3)n1)C2. The first-order valence-electron chi connectivity index (χ1n) is 7.53. The number of fused-ring (bicyclic) bond motifs is 1. The van der Waals surface area contributed by atoms with Gasteiger partial charge in [-0.1, -0.05) is 17.7 Å². The van der Waals surface area contributed by atoms with E-state index < -0.39 is 0 Å². The van der Waals surface area contributed by atoms with Crippen LogP contribution in [0, 0.1) is 6.92 Å². The number of anilines is 1. The zero-order valence-electron chi connectivity index (χ0n) is 13.0. The molecule has 6 heteroatoms. The average molecular weight is 318 g/mol. The number of pyridine rings is 1. The molecular weight excluding hydrogens is 304 g/mol. The number of aromatic nitrogens is 3. The molecule has 0 aliphatic carbocycles. The Kier molecular flexibility index (Phi) is 3.42. The van der Waals surface area contributed by atoms with Crippen LogP contribution in [0.15, 0.2) is 55.0 Å². The molecule has 0 atom stereocenters. The number of aryl methyl sites for hydroxylation is 1. The van der Waals surface area contributed by atoms with Crippen LogP contribution in [0.5, 0.6) is 11.8 Å². The molecule has 0 saturated heterocycles. The van der Waals surface area contributed by atoms with Gasteiger partial charge in [0.1, 0.15) is 11.6 Å². The number of carbonyl (C=O) groups excluding carboxylic acids is 1. The van der Waals surface area contributed by atoms with Gasteiger partial charge in [-0.05, 0) is 36.8 Å². The van der Waals surface area contributed by atoms with E-state index in [2.05, 4.69) is 15.0 Å². The standard InChI is InChI=1S/C18H14N4O2/c1-12-4-5-13-11-22(17(23)15(13)9-12)16-6-8-20-18(21-16)24-14-3-2-7-19-10-14/h2-10H,11H2,1H3. The van der Waals surface area contributed by atoms with Gasteiger partial charge in [-0.15, -0.1) is 0 Å². The average Bonchev–Trinajstić information content (AvgIpc) is 2.93. The van der Waals surface area contributed by atoms with Crippen molar-refractivity contribution in [1.29, 1.82) is 0 Å². The van der Waals surface area contributed by atoms with Crippen molar-refractivity contribution in [3.63, 3.8) is 0 Å². The van der Waals surface area contributed by atoms with Crippen LogP contribution in [0.4, 0.5) is 5.82 Å². The van der Waals surface area contributed by atoms with Crippen molar-refractivity contribution in [3.05, 3.63) is 71.7 Å². The molecular formula is C18H14N4O2. The molecule has 3 heterocycles. The van der Waals surface area contributed by atoms with E-state index in [9.17, 15) is 4.79 Å². The molecule has 1 amide bonds. The maximum Gasteiger partial charge on any atom is 0.323 e. The summed E-state index contributed by atoms with van der Waals surface area (Å²) in [7, 11) is 0. The molecule has 118 valence electrons. The van der Waals surface area contributed by atoms with Crippen LogP contribution >= 0.6 is 0 Å². The molecule has 24 heavy (non-hydrogen) atoms. The number of carbonyl (C=O) groups is 1. The van der Waals surface area contributed by atoms with E-state index in [4.69, 9.17) is 4.74 Å². The lowest BCUT2D eigenvalue weighted by atomic mass is 10.1. The van der Waals surface area contributed by atoms with E-state index in [0.29, 0.717) is 18.1 Å². The van der Waals surface area contributed by atoms with Crippen LogP contribution in [-0.4, -0.2) is 20.9 Å². The molecule has 0 radical (unpaired) electrons. The first kappa shape index (κ1) is 14.3. The van der Waals surface area contributed by atoms with Crippen molar-refractivity contribution >= 4 is 11.7 Å². The van der Waals surface area contributed by atoms with Gasteiger partial charge in [0.2, 0.25) is 0 Å². The van der Waals surface area contributed by atoms with Gasteiger partial charge < -0.3 is 4.74 Å². The van der Waals surface area contributed by atoms with E-state index >= 15 is 0 Å². The number of hydrogen-bond acceptors (Lipinski definition) is 5. The molecule has 0 N–H and O–H groups in total. The summed E-state index contributed by atoms with van der Waals surface area (Å²) in [5.41, 5.74) is 2.79. The normalized spacial score (nSPS) is 13.0. The Bertz CT molecular complexity index is 912. The number of rotatable bonds is 3. The summed E-state index contributed by atoms with van der Waals surface area (Å²) < 4.78 is 5.59. The van der Waals surface area contributed by atoms with Crippen molar-refractivity contribution in [2.45, 2.75) is 13.5 Å². The summed E-state index contributed by atoms with van der Waals surface area (Å²) >= 11 is 0. The maximum absolute atomic E-state index is 12.6. The van der Waals surface area contributed by atoms with Crippen LogP contribution in [0.3, 0.4) is 0 Å². The fraction of sp³-hybridized carbons (Fsp3) is 0.111. The second-order valence-corrected chi connectivity index (χ2v) is 5.54. The number of hydrogen-bond donors (Lipinski definition) is 0. The Morgan fingerprint density at radius 1 is 1.17 bits per heavy atom. The maximum atomic E-state index is 12.6. The van der Waals surface area contributed by atoms with E-state index in [1.54, 1.807) is 41.7 Å². The zero-order chi connectivity index (χ0) is 16.5. The fourth-order valence-corrected chi connectivity index (χ4v) is 2.64. The molecule has 2 aromatic heterocycles. The van der Waals surface area contributed by atoms with Gasteiger partial charge in [-0.25, -0.2) is 4.98 Å². The van der Waals surface area contributed by atoms with Crippen molar-refractivity contribution in [2.24, 2.45) is 0 Å². The predicted molar refractivity (Wildman–Crippen MR) is 88.0 cm³/mol. The minimum Gasteiger partial charge on any atom is -0.423 e. The third-order valence-corrected chi connectivity index (χ3v) is 3.81. The van der Waals surface area contributed by atoms with Crippen LogP contribution in [0.1, 0.15) is 21.5 Å². The first-order chi connectivity index (χ1) is 11.7. The molecule has 4 rings (SSSR count). The number of amides is 1. The Labute approximate surface area is 138 Å². The molecule has 6 nitrogen and oxygen atoms in total. The monoisotopic (exact) mass is 318 g/mol. The van der Waals surface area contributed by atoms with Crippen molar-refractivity contribution in [3.8, 4) is 11.8 Å². The topological polar surface area (TPSA) is 68.2 Å². The number of nitrogens with zero attached hydrogens (tertiary/aromatic N) is 4. The van der Waals surface area contributed by atoms with E-state index in [-0.39, 0.29) is 11.9 Å².